The van der Waals surface area contributed by atoms with E-state index in [0.29, 0.717) is 23.1 Å². The summed E-state index contributed by atoms with van der Waals surface area (Å²) in [5.41, 5.74) is 2.06. The molecule has 0 aliphatic carbocycles. The van der Waals surface area contributed by atoms with Crippen LogP contribution in [0.4, 0.5) is 21.8 Å². The third-order valence-corrected chi connectivity index (χ3v) is 3.81. The molecular formula is C18H17ClFN5O. The van der Waals surface area contributed by atoms with Gasteiger partial charge in [0.25, 0.3) is 0 Å². The molecule has 0 saturated carbocycles. The fourth-order valence-electron chi connectivity index (χ4n) is 2.23. The molecule has 0 aliphatic rings. The molecule has 6 nitrogen and oxygen atoms in total. The molecule has 2 aromatic heterocycles. The van der Waals surface area contributed by atoms with E-state index in [1.807, 2.05) is 19.1 Å². The number of nitrogens with one attached hydrogen (secondary N) is 2. The number of aromatic nitrogens is 3. The molecule has 1 aromatic carbocycles. The molecule has 0 fully saturated rings. The van der Waals surface area contributed by atoms with Gasteiger partial charge in [0.2, 0.25) is 5.95 Å². The molecule has 0 bridgehead atoms. The Labute approximate surface area is 155 Å². The van der Waals surface area contributed by atoms with Crippen LogP contribution in [-0.2, 0) is 0 Å². The normalized spacial score (nSPS) is 11.8. The van der Waals surface area contributed by atoms with Crippen LogP contribution in [0.5, 0.6) is 0 Å². The van der Waals surface area contributed by atoms with Gasteiger partial charge in [-0.2, -0.15) is 4.98 Å². The van der Waals surface area contributed by atoms with Crippen molar-refractivity contribution < 1.29 is 9.50 Å². The highest BCUT2D eigenvalue weighted by Crippen LogP contribution is 2.25. The van der Waals surface area contributed by atoms with Gasteiger partial charge in [-0.1, -0.05) is 11.6 Å². The maximum Gasteiger partial charge on any atom is 0.225 e. The Morgan fingerprint density at radius 3 is 2.77 bits per heavy atom. The van der Waals surface area contributed by atoms with Crippen LogP contribution in [-0.4, -0.2) is 32.7 Å². The van der Waals surface area contributed by atoms with E-state index in [9.17, 15) is 9.50 Å². The fraction of sp³-hybridized carbons (Fsp3) is 0.167. The summed E-state index contributed by atoms with van der Waals surface area (Å²) in [5, 5.41) is 15.4. The monoisotopic (exact) mass is 373 g/mol. The topological polar surface area (TPSA) is 83.0 Å². The second-order valence-corrected chi connectivity index (χ2v) is 6.09. The first-order valence-corrected chi connectivity index (χ1v) is 8.32. The summed E-state index contributed by atoms with van der Waals surface area (Å²) in [5.74, 6) is 0.354. The Kier molecular flexibility index (Phi) is 5.60. The van der Waals surface area contributed by atoms with Crippen molar-refractivity contribution in [2.45, 2.75) is 13.0 Å². The quantitative estimate of drug-likeness (QED) is 0.608. The van der Waals surface area contributed by atoms with Crippen molar-refractivity contribution in [3.05, 3.63) is 59.6 Å². The van der Waals surface area contributed by atoms with Crippen molar-refractivity contribution in [3.8, 4) is 11.3 Å². The molecule has 0 aliphatic heterocycles. The van der Waals surface area contributed by atoms with Crippen LogP contribution >= 0.6 is 11.6 Å². The summed E-state index contributed by atoms with van der Waals surface area (Å²) in [6, 6.07) is 9.56. The second kappa shape index (κ2) is 8.07. The Morgan fingerprint density at radius 2 is 2.08 bits per heavy atom. The number of rotatable bonds is 6. The van der Waals surface area contributed by atoms with Crippen LogP contribution in [0.15, 0.2) is 48.8 Å². The zero-order valence-electron chi connectivity index (χ0n) is 13.9. The summed E-state index contributed by atoms with van der Waals surface area (Å²) in [6.07, 6.45) is 3.37. The molecule has 2 heterocycles. The predicted molar refractivity (Wildman–Crippen MR) is 100 cm³/mol. The highest BCUT2D eigenvalue weighted by atomic mass is 35.5. The van der Waals surface area contributed by atoms with Gasteiger partial charge in [0.05, 0.1) is 17.3 Å². The molecule has 0 amide bonds. The summed E-state index contributed by atoms with van der Waals surface area (Å²) < 4.78 is 13.3. The first-order valence-electron chi connectivity index (χ1n) is 7.94. The number of aliphatic hydroxyl groups is 1. The van der Waals surface area contributed by atoms with E-state index in [1.165, 1.54) is 12.1 Å². The smallest absolute Gasteiger partial charge is 0.225 e. The highest BCUT2D eigenvalue weighted by Gasteiger charge is 2.10. The lowest BCUT2D eigenvalue weighted by Gasteiger charge is -2.14. The largest absolute Gasteiger partial charge is 0.394 e. The van der Waals surface area contributed by atoms with Crippen LogP contribution in [0.2, 0.25) is 5.02 Å². The summed E-state index contributed by atoms with van der Waals surface area (Å²) in [6.45, 7) is 1.75. The molecule has 0 spiro atoms. The molecule has 3 aromatic rings. The van der Waals surface area contributed by atoms with Gasteiger partial charge in [-0.15, -0.1) is 0 Å². The van der Waals surface area contributed by atoms with Crippen molar-refractivity contribution in [3.63, 3.8) is 0 Å². The van der Waals surface area contributed by atoms with E-state index in [2.05, 4.69) is 25.6 Å². The van der Waals surface area contributed by atoms with Crippen LogP contribution in [0.25, 0.3) is 11.3 Å². The molecule has 3 rings (SSSR count). The fourth-order valence-corrected chi connectivity index (χ4v) is 2.41. The molecule has 8 heteroatoms. The SMILES string of the molecule is C[C@@H](CO)Nc1nc(Nc2ccc(F)c(Cl)c2)cc(-c2cccnc2)n1. The highest BCUT2D eigenvalue weighted by molar-refractivity contribution is 6.31. The van der Waals surface area contributed by atoms with Crippen molar-refractivity contribution in [2.75, 3.05) is 17.2 Å². The predicted octanol–water partition coefficient (Wildman–Crippen LogP) is 3.87. The van der Waals surface area contributed by atoms with Crippen LogP contribution in [0, 0.1) is 5.82 Å². The van der Waals surface area contributed by atoms with Crippen molar-refractivity contribution in [1.82, 2.24) is 15.0 Å². The van der Waals surface area contributed by atoms with Crippen molar-refractivity contribution >= 4 is 29.1 Å². The summed E-state index contributed by atoms with van der Waals surface area (Å²) in [4.78, 5) is 13.0. The van der Waals surface area contributed by atoms with E-state index < -0.39 is 5.82 Å². The van der Waals surface area contributed by atoms with Crippen LogP contribution in [0.1, 0.15) is 6.92 Å². The zero-order valence-corrected chi connectivity index (χ0v) is 14.7. The number of aliphatic hydroxyl groups excluding tert-OH is 1. The summed E-state index contributed by atoms with van der Waals surface area (Å²) in [7, 11) is 0. The Morgan fingerprint density at radius 1 is 1.23 bits per heavy atom. The first kappa shape index (κ1) is 18.0. The third kappa shape index (κ3) is 4.44. The Hall–Kier alpha value is -2.77. The van der Waals surface area contributed by atoms with Crippen molar-refractivity contribution in [1.29, 1.82) is 0 Å². The molecule has 26 heavy (non-hydrogen) atoms. The number of hydrogen-bond acceptors (Lipinski definition) is 6. The average molecular weight is 374 g/mol. The minimum atomic E-state index is -0.491. The number of hydrogen-bond donors (Lipinski definition) is 3. The van der Waals surface area contributed by atoms with Gasteiger partial charge in [0.15, 0.2) is 0 Å². The van der Waals surface area contributed by atoms with E-state index >= 15 is 0 Å². The minimum absolute atomic E-state index is 0.0174. The molecule has 1 atom stereocenters. The lowest BCUT2D eigenvalue weighted by molar-refractivity contribution is 0.281. The molecule has 134 valence electrons. The Balaban J connectivity index is 1.97. The molecule has 3 N–H and O–H groups in total. The maximum atomic E-state index is 13.3. The molecular weight excluding hydrogens is 357 g/mol. The molecule has 0 radical (unpaired) electrons. The number of pyridine rings is 1. The van der Waals surface area contributed by atoms with Crippen LogP contribution in [0.3, 0.4) is 0 Å². The maximum absolute atomic E-state index is 13.3. The van der Waals surface area contributed by atoms with Gasteiger partial charge in [0.1, 0.15) is 11.6 Å². The summed E-state index contributed by atoms with van der Waals surface area (Å²) >= 11 is 5.83. The van der Waals surface area contributed by atoms with Gasteiger partial charge in [-0.25, -0.2) is 9.37 Å². The molecule has 0 unspecified atom stereocenters. The van der Waals surface area contributed by atoms with E-state index in [0.717, 1.165) is 5.56 Å². The standard InChI is InChI=1S/C18H17ClFN5O/c1-11(10-26)22-18-24-16(12-3-2-6-21-9-12)8-17(25-18)23-13-4-5-15(20)14(19)7-13/h2-9,11,26H,10H2,1H3,(H2,22,23,24,25)/t11-/m0/s1. The van der Waals surface area contributed by atoms with Crippen molar-refractivity contribution in [2.24, 2.45) is 0 Å². The van der Waals surface area contributed by atoms with Gasteiger partial charge < -0.3 is 15.7 Å². The lowest BCUT2D eigenvalue weighted by atomic mass is 10.2. The first-order chi connectivity index (χ1) is 12.5. The minimum Gasteiger partial charge on any atom is -0.394 e. The van der Waals surface area contributed by atoms with E-state index in [1.54, 1.807) is 24.5 Å². The Bertz CT molecular complexity index is 894. The van der Waals surface area contributed by atoms with E-state index in [-0.39, 0.29) is 17.7 Å². The van der Waals surface area contributed by atoms with Gasteiger partial charge in [0, 0.05) is 35.8 Å². The number of halogens is 2. The number of nitrogens with zero attached hydrogens (tertiary/aromatic N) is 3. The second-order valence-electron chi connectivity index (χ2n) is 5.69. The van der Waals surface area contributed by atoms with E-state index in [4.69, 9.17) is 11.6 Å². The van der Waals surface area contributed by atoms with Gasteiger partial charge in [-0.05, 0) is 37.3 Å². The lowest BCUT2D eigenvalue weighted by Crippen LogP contribution is -2.21. The third-order valence-electron chi connectivity index (χ3n) is 3.52. The number of benzene rings is 1. The zero-order chi connectivity index (χ0) is 18.5. The average Bonchev–Trinajstić information content (AvgIpc) is 2.65. The van der Waals surface area contributed by atoms with Gasteiger partial charge in [-0.3, -0.25) is 4.98 Å². The van der Waals surface area contributed by atoms with Crippen LogP contribution < -0.4 is 10.6 Å². The number of anilines is 3. The molecule has 0 saturated heterocycles. The van der Waals surface area contributed by atoms with Gasteiger partial charge >= 0.3 is 0 Å².